The Morgan fingerprint density at radius 2 is 2.07 bits per heavy atom. The third kappa shape index (κ3) is 2.07. The highest BCUT2D eigenvalue weighted by Gasteiger charge is 2.09. The van der Waals surface area contributed by atoms with E-state index in [1.165, 1.54) is 16.8 Å². The van der Waals surface area contributed by atoms with Crippen molar-refractivity contribution in [3.05, 3.63) is 52.3 Å². The molecule has 2 aromatic rings. The summed E-state index contributed by atoms with van der Waals surface area (Å²) >= 11 is 3.25. The minimum atomic E-state index is -0.837. The van der Waals surface area contributed by atoms with Gasteiger partial charge in [-0.15, -0.1) is 0 Å². The first-order chi connectivity index (χ1) is 7.18. The molecule has 0 spiro atoms. The third-order valence-corrected chi connectivity index (χ3v) is 2.69. The number of benzene rings is 1. The molecule has 5 heteroatoms. The van der Waals surface area contributed by atoms with Crippen LogP contribution in [0, 0.1) is 11.6 Å². The number of halogens is 3. The Hall–Kier alpha value is -1.23. The topological polar surface area (TPSA) is 17.8 Å². The van der Waals surface area contributed by atoms with E-state index in [0.717, 1.165) is 10.7 Å². The number of nitrogens with zero attached hydrogens (tertiary/aromatic N) is 2. The maximum absolute atomic E-state index is 13.3. The molecule has 0 saturated heterocycles. The molecule has 0 N–H and O–H groups in total. The van der Waals surface area contributed by atoms with Crippen molar-refractivity contribution in [1.29, 1.82) is 0 Å². The van der Waals surface area contributed by atoms with E-state index in [2.05, 4.69) is 21.0 Å². The Bertz CT molecular complexity index is 482. The van der Waals surface area contributed by atoms with E-state index in [4.69, 9.17) is 0 Å². The molecular weight excluding hydrogens is 266 g/mol. The maximum atomic E-state index is 13.3. The fourth-order valence-corrected chi connectivity index (χ4v) is 1.60. The van der Waals surface area contributed by atoms with Crippen molar-refractivity contribution >= 4 is 15.9 Å². The zero-order valence-corrected chi connectivity index (χ0v) is 9.21. The molecule has 0 aliphatic carbocycles. The highest BCUT2D eigenvalue weighted by molar-refractivity contribution is 9.10. The summed E-state index contributed by atoms with van der Waals surface area (Å²) in [6, 6.07) is 5.84. The lowest BCUT2D eigenvalue weighted by atomic mass is 10.2. The normalized spacial score (nSPS) is 10.6. The standard InChI is InChI=1S/C10H7BrF2N2/c11-9-4-5-14-15(9)6-7-2-1-3-8(12)10(7)13/h1-5H,6H2. The third-order valence-electron chi connectivity index (χ3n) is 2.02. The van der Waals surface area contributed by atoms with E-state index < -0.39 is 11.6 Å². The molecule has 1 heterocycles. The van der Waals surface area contributed by atoms with Gasteiger partial charge >= 0.3 is 0 Å². The summed E-state index contributed by atoms with van der Waals surface area (Å²) in [6.45, 7) is 0.206. The molecule has 0 bridgehead atoms. The van der Waals surface area contributed by atoms with Gasteiger partial charge in [-0.1, -0.05) is 12.1 Å². The van der Waals surface area contributed by atoms with Gasteiger partial charge < -0.3 is 0 Å². The highest BCUT2D eigenvalue weighted by Crippen LogP contribution is 2.15. The summed E-state index contributed by atoms with van der Waals surface area (Å²) in [4.78, 5) is 0. The predicted molar refractivity (Wildman–Crippen MR) is 55.4 cm³/mol. The van der Waals surface area contributed by atoms with Crippen molar-refractivity contribution in [3.8, 4) is 0 Å². The van der Waals surface area contributed by atoms with Crippen molar-refractivity contribution in [2.75, 3.05) is 0 Å². The van der Waals surface area contributed by atoms with Gasteiger partial charge in [0, 0.05) is 5.56 Å². The van der Waals surface area contributed by atoms with Gasteiger partial charge in [-0.25, -0.2) is 8.78 Å². The lowest BCUT2D eigenvalue weighted by molar-refractivity contribution is 0.491. The van der Waals surface area contributed by atoms with Crippen LogP contribution in [0.3, 0.4) is 0 Å². The fraction of sp³-hybridized carbons (Fsp3) is 0.100. The van der Waals surface area contributed by atoms with Crippen LogP contribution in [-0.4, -0.2) is 9.78 Å². The monoisotopic (exact) mass is 272 g/mol. The molecule has 1 aromatic carbocycles. The van der Waals surface area contributed by atoms with Crippen LogP contribution in [0.15, 0.2) is 35.1 Å². The molecule has 0 amide bonds. The number of hydrogen-bond acceptors (Lipinski definition) is 1. The van der Waals surface area contributed by atoms with Crippen molar-refractivity contribution in [2.24, 2.45) is 0 Å². The largest absolute Gasteiger partial charge is 0.254 e. The Kier molecular flexibility index (Phi) is 2.81. The molecule has 0 aliphatic rings. The Morgan fingerprint density at radius 3 is 2.73 bits per heavy atom. The second-order valence-corrected chi connectivity index (χ2v) is 3.84. The number of rotatable bonds is 2. The van der Waals surface area contributed by atoms with E-state index in [0.29, 0.717) is 0 Å². The first-order valence-electron chi connectivity index (χ1n) is 4.28. The Labute approximate surface area is 93.7 Å². The first kappa shape index (κ1) is 10.3. The Balaban J connectivity index is 2.33. The van der Waals surface area contributed by atoms with Gasteiger partial charge in [0.2, 0.25) is 0 Å². The summed E-state index contributed by atoms with van der Waals surface area (Å²) in [7, 11) is 0. The van der Waals surface area contributed by atoms with Gasteiger partial charge in [0.05, 0.1) is 12.7 Å². The first-order valence-corrected chi connectivity index (χ1v) is 5.08. The number of hydrogen-bond donors (Lipinski definition) is 0. The second kappa shape index (κ2) is 4.10. The molecule has 78 valence electrons. The quantitative estimate of drug-likeness (QED) is 0.822. The molecule has 2 rings (SSSR count). The van der Waals surface area contributed by atoms with Crippen LogP contribution >= 0.6 is 15.9 Å². The second-order valence-electron chi connectivity index (χ2n) is 3.02. The molecule has 0 fully saturated rings. The van der Waals surface area contributed by atoms with Crippen molar-refractivity contribution in [2.45, 2.75) is 6.54 Å². The van der Waals surface area contributed by atoms with Crippen LogP contribution in [0.5, 0.6) is 0 Å². The molecule has 0 atom stereocenters. The SMILES string of the molecule is Fc1cccc(Cn2nccc2Br)c1F. The summed E-state index contributed by atoms with van der Waals surface area (Å²) < 4.78 is 28.5. The van der Waals surface area contributed by atoms with Gasteiger partial charge in [-0.05, 0) is 28.1 Å². The fourth-order valence-electron chi connectivity index (χ4n) is 1.26. The molecular formula is C10H7BrF2N2. The minimum absolute atomic E-state index is 0.206. The van der Waals surface area contributed by atoms with Gasteiger partial charge in [-0.3, -0.25) is 4.68 Å². The van der Waals surface area contributed by atoms with Crippen molar-refractivity contribution in [1.82, 2.24) is 9.78 Å². The molecule has 0 unspecified atom stereocenters. The minimum Gasteiger partial charge on any atom is -0.254 e. The van der Waals surface area contributed by atoms with Crippen LogP contribution in [-0.2, 0) is 6.54 Å². The maximum Gasteiger partial charge on any atom is 0.163 e. The summed E-state index contributed by atoms with van der Waals surface area (Å²) in [5.74, 6) is -1.66. The molecule has 0 saturated carbocycles. The highest BCUT2D eigenvalue weighted by atomic mass is 79.9. The smallest absolute Gasteiger partial charge is 0.163 e. The molecule has 0 radical (unpaired) electrons. The Morgan fingerprint density at radius 1 is 1.27 bits per heavy atom. The average molecular weight is 273 g/mol. The molecule has 15 heavy (non-hydrogen) atoms. The van der Waals surface area contributed by atoms with Crippen LogP contribution in [0.1, 0.15) is 5.56 Å². The van der Waals surface area contributed by atoms with Crippen molar-refractivity contribution < 1.29 is 8.78 Å². The van der Waals surface area contributed by atoms with Crippen LogP contribution in [0.4, 0.5) is 8.78 Å². The van der Waals surface area contributed by atoms with E-state index in [9.17, 15) is 8.78 Å². The zero-order chi connectivity index (χ0) is 10.8. The molecule has 2 nitrogen and oxygen atoms in total. The van der Waals surface area contributed by atoms with Gasteiger partial charge in [-0.2, -0.15) is 5.10 Å². The van der Waals surface area contributed by atoms with Crippen LogP contribution in [0.25, 0.3) is 0 Å². The van der Waals surface area contributed by atoms with Crippen molar-refractivity contribution in [3.63, 3.8) is 0 Å². The van der Waals surface area contributed by atoms with E-state index >= 15 is 0 Å². The van der Waals surface area contributed by atoms with Gasteiger partial charge in [0.25, 0.3) is 0 Å². The zero-order valence-electron chi connectivity index (χ0n) is 7.62. The number of aromatic nitrogens is 2. The van der Waals surface area contributed by atoms with Gasteiger partial charge in [0.1, 0.15) is 4.60 Å². The van der Waals surface area contributed by atoms with Gasteiger partial charge in [0.15, 0.2) is 11.6 Å². The summed E-state index contributed by atoms with van der Waals surface area (Å²) in [6.07, 6.45) is 1.58. The molecule has 0 aliphatic heterocycles. The van der Waals surface area contributed by atoms with E-state index in [1.54, 1.807) is 12.3 Å². The van der Waals surface area contributed by atoms with Crippen LogP contribution in [0.2, 0.25) is 0 Å². The summed E-state index contributed by atoms with van der Waals surface area (Å²) in [5.41, 5.74) is 0.277. The predicted octanol–water partition coefficient (Wildman–Crippen LogP) is 2.97. The lowest BCUT2D eigenvalue weighted by Crippen LogP contribution is -2.04. The lowest BCUT2D eigenvalue weighted by Gasteiger charge is -2.05. The average Bonchev–Trinajstić information content (AvgIpc) is 2.60. The molecule has 1 aromatic heterocycles. The van der Waals surface area contributed by atoms with E-state index in [-0.39, 0.29) is 12.1 Å². The van der Waals surface area contributed by atoms with Crippen LogP contribution < -0.4 is 0 Å². The summed E-state index contributed by atoms with van der Waals surface area (Å²) in [5, 5.41) is 3.96. The van der Waals surface area contributed by atoms with E-state index in [1.807, 2.05) is 0 Å².